The number of carbonyl (C=O) groups is 1. The lowest BCUT2D eigenvalue weighted by Crippen LogP contribution is -2.18. The highest BCUT2D eigenvalue weighted by atomic mass is 35.5. The zero-order valence-electron chi connectivity index (χ0n) is 8.50. The van der Waals surface area contributed by atoms with Gasteiger partial charge in [-0.15, -0.1) is 0 Å². The van der Waals surface area contributed by atoms with Gasteiger partial charge >= 0.3 is 0 Å². The van der Waals surface area contributed by atoms with Gasteiger partial charge in [-0.1, -0.05) is 6.07 Å². The fraction of sp³-hybridized carbons (Fsp3) is 0.364. The number of hydrogen-bond donors (Lipinski definition) is 0. The van der Waals surface area contributed by atoms with E-state index in [2.05, 4.69) is 0 Å². The zero-order valence-corrected chi connectivity index (χ0v) is 9.26. The lowest BCUT2D eigenvalue weighted by molar-refractivity contribution is -0.117. The van der Waals surface area contributed by atoms with E-state index in [1.807, 2.05) is 32.0 Å². The second-order valence-electron chi connectivity index (χ2n) is 3.31. The molecule has 0 amide bonds. The summed E-state index contributed by atoms with van der Waals surface area (Å²) in [4.78, 5) is 10.7. The molecular formula is C11H13ClO2. The van der Waals surface area contributed by atoms with E-state index in [1.54, 1.807) is 6.92 Å². The van der Waals surface area contributed by atoms with Gasteiger partial charge in [-0.2, -0.15) is 0 Å². The van der Waals surface area contributed by atoms with Crippen molar-refractivity contribution in [3.63, 3.8) is 0 Å². The van der Waals surface area contributed by atoms with Crippen LogP contribution in [0.25, 0.3) is 0 Å². The minimum Gasteiger partial charge on any atom is -0.482 e. The number of hydrogen-bond acceptors (Lipinski definition) is 2. The lowest BCUT2D eigenvalue weighted by atomic mass is 10.1. The fourth-order valence-corrected chi connectivity index (χ4v) is 1.08. The van der Waals surface area contributed by atoms with E-state index in [0.29, 0.717) is 5.75 Å². The third-order valence-electron chi connectivity index (χ3n) is 2.11. The van der Waals surface area contributed by atoms with Gasteiger partial charge in [0.2, 0.25) is 0 Å². The molecule has 0 aliphatic rings. The van der Waals surface area contributed by atoms with Gasteiger partial charge in [0.25, 0.3) is 5.24 Å². The number of rotatable bonds is 3. The Morgan fingerprint density at radius 2 is 2.00 bits per heavy atom. The molecule has 0 N–H and O–H groups in total. The molecule has 1 rings (SSSR count). The molecule has 76 valence electrons. The standard InChI is InChI=1S/C11H13ClO2/c1-7-4-5-10(6-8(7)2)14-9(3)11(12)13/h4-6,9H,1-3H3/t9-/m1/s1. The molecule has 0 aliphatic heterocycles. The van der Waals surface area contributed by atoms with Gasteiger partial charge in [0, 0.05) is 0 Å². The van der Waals surface area contributed by atoms with Crippen LogP contribution in [0, 0.1) is 13.8 Å². The summed E-state index contributed by atoms with van der Waals surface area (Å²) < 4.78 is 5.33. The lowest BCUT2D eigenvalue weighted by Gasteiger charge is -2.11. The van der Waals surface area contributed by atoms with E-state index in [4.69, 9.17) is 16.3 Å². The van der Waals surface area contributed by atoms with Gasteiger partial charge in [-0.05, 0) is 55.6 Å². The van der Waals surface area contributed by atoms with Crippen molar-refractivity contribution in [1.29, 1.82) is 0 Å². The fourth-order valence-electron chi connectivity index (χ4n) is 1.04. The van der Waals surface area contributed by atoms with Crippen LogP contribution in [0.1, 0.15) is 18.1 Å². The van der Waals surface area contributed by atoms with Crippen molar-refractivity contribution < 1.29 is 9.53 Å². The van der Waals surface area contributed by atoms with Crippen LogP contribution in [0.3, 0.4) is 0 Å². The molecule has 3 heteroatoms. The molecule has 0 aliphatic carbocycles. The first-order chi connectivity index (χ1) is 6.50. The van der Waals surface area contributed by atoms with E-state index in [0.717, 1.165) is 5.56 Å². The molecule has 14 heavy (non-hydrogen) atoms. The number of aryl methyl sites for hydroxylation is 2. The van der Waals surface area contributed by atoms with Crippen molar-refractivity contribution >= 4 is 16.8 Å². The predicted molar refractivity (Wildman–Crippen MR) is 56.9 cm³/mol. The molecule has 0 radical (unpaired) electrons. The highest BCUT2D eigenvalue weighted by Gasteiger charge is 2.11. The van der Waals surface area contributed by atoms with Gasteiger partial charge in [-0.3, -0.25) is 4.79 Å². The van der Waals surface area contributed by atoms with Crippen LogP contribution < -0.4 is 4.74 Å². The van der Waals surface area contributed by atoms with Crippen LogP contribution >= 0.6 is 11.6 Å². The van der Waals surface area contributed by atoms with E-state index < -0.39 is 11.3 Å². The molecule has 2 nitrogen and oxygen atoms in total. The van der Waals surface area contributed by atoms with E-state index in [1.165, 1.54) is 5.56 Å². The Balaban J connectivity index is 2.78. The Morgan fingerprint density at radius 1 is 1.36 bits per heavy atom. The number of ether oxygens (including phenoxy) is 1. The van der Waals surface area contributed by atoms with Crippen LogP contribution in [0.2, 0.25) is 0 Å². The molecule has 0 aromatic heterocycles. The summed E-state index contributed by atoms with van der Waals surface area (Å²) in [5.74, 6) is 0.676. The molecule has 0 bridgehead atoms. The second-order valence-corrected chi connectivity index (χ2v) is 3.68. The summed E-state index contributed by atoms with van der Waals surface area (Å²) in [6, 6.07) is 5.68. The largest absolute Gasteiger partial charge is 0.482 e. The third-order valence-corrected chi connectivity index (χ3v) is 2.42. The SMILES string of the molecule is Cc1ccc(O[C@H](C)C(=O)Cl)cc1C. The van der Waals surface area contributed by atoms with Crippen molar-refractivity contribution in [2.24, 2.45) is 0 Å². The van der Waals surface area contributed by atoms with Gasteiger partial charge in [-0.25, -0.2) is 0 Å². The van der Waals surface area contributed by atoms with E-state index in [9.17, 15) is 4.79 Å². The molecule has 0 spiro atoms. The molecule has 1 atom stereocenters. The first kappa shape index (κ1) is 11.1. The average molecular weight is 213 g/mol. The minimum atomic E-state index is -0.598. The Morgan fingerprint density at radius 3 is 2.50 bits per heavy atom. The van der Waals surface area contributed by atoms with Crippen LogP contribution in [0.4, 0.5) is 0 Å². The van der Waals surface area contributed by atoms with Crippen LogP contribution in [0.5, 0.6) is 5.75 Å². The van der Waals surface area contributed by atoms with Gasteiger partial charge in [0.1, 0.15) is 5.75 Å². The van der Waals surface area contributed by atoms with Gasteiger partial charge in [0.05, 0.1) is 0 Å². The Labute approximate surface area is 88.8 Å². The summed E-state index contributed by atoms with van der Waals surface area (Å²) in [5, 5.41) is -0.483. The number of carbonyl (C=O) groups excluding carboxylic acids is 1. The Kier molecular flexibility index (Phi) is 3.53. The average Bonchev–Trinajstić information content (AvgIpc) is 2.11. The summed E-state index contributed by atoms with van der Waals surface area (Å²) in [6.07, 6.45) is -0.598. The van der Waals surface area contributed by atoms with E-state index in [-0.39, 0.29) is 0 Å². The number of halogens is 1. The minimum absolute atomic E-state index is 0.483. The van der Waals surface area contributed by atoms with Gasteiger partial charge in [0.15, 0.2) is 6.10 Å². The molecule has 0 saturated heterocycles. The van der Waals surface area contributed by atoms with Crippen molar-refractivity contribution in [3.8, 4) is 5.75 Å². The smallest absolute Gasteiger partial charge is 0.262 e. The van der Waals surface area contributed by atoms with E-state index >= 15 is 0 Å². The first-order valence-electron chi connectivity index (χ1n) is 4.44. The monoisotopic (exact) mass is 212 g/mol. The second kappa shape index (κ2) is 4.47. The summed E-state index contributed by atoms with van der Waals surface area (Å²) in [7, 11) is 0. The maximum Gasteiger partial charge on any atom is 0.262 e. The molecule has 0 heterocycles. The number of benzene rings is 1. The molecule has 1 aromatic carbocycles. The topological polar surface area (TPSA) is 26.3 Å². The zero-order chi connectivity index (χ0) is 10.7. The molecule has 0 unspecified atom stereocenters. The van der Waals surface area contributed by atoms with Crippen LogP contribution in [0.15, 0.2) is 18.2 Å². The highest BCUT2D eigenvalue weighted by Crippen LogP contribution is 2.18. The quantitative estimate of drug-likeness (QED) is 0.721. The van der Waals surface area contributed by atoms with Crippen LogP contribution in [-0.2, 0) is 4.79 Å². The van der Waals surface area contributed by atoms with Crippen molar-refractivity contribution in [2.45, 2.75) is 26.9 Å². The van der Waals surface area contributed by atoms with Crippen molar-refractivity contribution in [2.75, 3.05) is 0 Å². The molecule has 1 aromatic rings. The van der Waals surface area contributed by atoms with Crippen LogP contribution in [-0.4, -0.2) is 11.3 Å². The molecule has 0 fully saturated rings. The Bertz CT molecular complexity index is 347. The van der Waals surface area contributed by atoms with Crippen molar-refractivity contribution in [1.82, 2.24) is 0 Å². The Hall–Kier alpha value is -1.02. The maximum absolute atomic E-state index is 10.7. The molecule has 0 saturated carbocycles. The van der Waals surface area contributed by atoms with Crippen molar-refractivity contribution in [3.05, 3.63) is 29.3 Å². The normalized spacial score (nSPS) is 12.3. The van der Waals surface area contributed by atoms with Gasteiger partial charge < -0.3 is 4.74 Å². The maximum atomic E-state index is 10.7. The molecular weight excluding hydrogens is 200 g/mol. The predicted octanol–water partition coefficient (Wildman–Crippen LogP) is 2.84. The summed E-state index contributed by atoms with van der Waals surface area (Å²) in [5.41, 5.74) is 2.33. The summed E-state index contributed by atoms with van der Waals surface area (Å²) in [6.45, 7) is 5.65. The highest BCUT2D eigenvalue weighted by molar-refractivity contribution is 6.64. The first-order valence-corrected chi connectivity index (χ1v) is 4.81. The third kappa shape index (κ3) is 2.74. The summed E-state index contributed by atoms with van der Waals surface area (Å²) >= 11 is 5.29.